The van der Waals surface area contributed by atoms with E-state index >= 15 is 0 Å². The fourth-order valence-electron chi connectivity index (χ4n) is 1.70. The summed E-state index contributed by atoms with van der Waals surface area (Å²) in [6.07, 6.45) is 6.60. The molecule has 0 aromatic carbocycles. The van der Waals surface area contributed by atoms with Gasteiger partial charge in [-0.1, -0.05) is 12.8 Å². The van der Waals surface area contributed by atoms with Crippen molar-refractivity contribution in [2.24, 2.45) is 0 Å². The predicted octanol–water partition coefficient (Wildman–Crippen LogP) is 0.692. The molecule has 1 aliphatic heterocycles. The Bertz CT molecular complexity index is 171. The van der Waals surface area contributed by atoms with Crippen LogP contribution in [0.15, 0.2) is 0 Å². The highest BCUT2D eigenvalue weighted by molar-refractivity contribution is 4.99. The number of hydrogen-bond acceptors (Lipinski definition) is 2. The summed E-state index contributed by atoms with van der Waals surface area (Å²) in [6.45, 7) is 7.55. The fourth-order valence-corrected chi connectivity index (χ4v) is 1.70. The van der Waals surface area contributed by atoms with E-state index in [9.17, 15) is 0 Å². The first-order valence-corrected chi connectivity index (χ1v) is 4.71. The topological polar surface area (TPSA) is 15.3 Å². The van der Waals surface area contributed by atoms with Gasteiger partial charge in [0.1, 0.15) is 0 Å². The second-order valence-corrected chi connectivity index (χ2v) is 3.38. The molecule has 0 saturated carbocycles. The van der Waals surface area contributed by atoms with Crippen molar-refractivity contribution in [1.29, 1.82) is 0 Å². The number of likely N-dealkylation sites (N-methyl/N-ethyl adjacent to an activating group) is 1. The van der Waals surface area contributed by atoms with Gasteiger partial charge in [0.25, 0.3) is 0 Å². The molecular formula is C10H18N2. The second kappa shape index (κ2) is 4.49. The summed E-state index contributed by atoms with van der Waals surface area (Å²) >= 11 is 0. The normalized spacial score (nSPS) is 26.9. The van der Waals surface area contributed by atoms with Crippen molar-refractivity contribution in [2.75, 3.05) is 19.6 Å². The van der Waals surface area contributed by atoms with Gasteiger partial charge < -0.3 is 5.32 Å². The van der Waals surface area contributed by atoms with E-state index in [4.69, 9.17) is 6.42 Å². The van der Waals surface area contributed by atoms with Gasteiger partial charge in [-0.3, -0.25) is 4.90 Å². The molecule has 1 N–H and O–H groups in total. The molecule has 1 rings (SSSR count). The van der Waals surface area contributed by atoms with Crippen LogP contribution in [-0.4, -0.2) is 36.6 Å². The molecule has 0 aromatic rings. The minimum absolute atomic E-state index is 0.300. The lowest BCUT2D eigenvalue weighted by atomic mass is 10.2. The van der Waals surface area contributed by atoms with Crippen LogP contribution < -0.4 is 5.32 Å². The largest absolute Gasteiger partial charge is 0.313 e. The van der Waals surface area contributed by atoms with E-state index in [1.54, 1.807) is 0 Å². The van der Waals surface area contributed by atoms with E-state index in [-0.39, 0.29) is 0 Å². The fraction of sp³-hybridized carbons (Fsp3) is 0.800. The van der Waals surface area contributed by atoms with Crippen molar-refractivity contribution in [3.8, 4) is 12.3 Å². The second-order valence-electron chi connectivity index (χ2n) is 3.38. The molecule has 12 heavy (non-hydrogen) atoms. The van der Waals surface area contributed by atoms with E-state index in [1.165, 1.54) is 6.42 Å². The number of rotatable bonds is 3. The van der Waals surface area contributed by atoms with Crippen molar-refractivity contribution in [3.63, 3.8) is 0 Å². The number of hydrogen-bond donors (Lipinski definition) is 1. The van der Waals surface area contributed by atoms with Crippen molar-refractivity contribution >= 4 is 0 Å². The molecule has 0 amide bonds. The molecule has 2 heteroatoms. The quantitative estimate of drug-likeness (QED) is 0.621. The molecule has 0 aliphatic carbocycles. The highest BCUT2D eigenvalue weighted by Crippen LogP contribution is 2.11. The van der Waals surface area contributed by atoms with E-state index in [1.807, 2.05) is 0 Å². The summed E-state index contributed by atoms with van der Waals surface area (Å²) in [5.41, 5.74) is 0. The van der Waals surface area contributed by atoms with E-state index in [2.05, 4.69) is 30.0 Å². The Kier molecular flexibility index (Phi) is 3.58. The molecule has 68 valence electrons. The summed E-state index contributed by atoms with van der Waals surface area (Å²) in [7, 11) is 0. The van der Waals surface area contributed by atoms with Gasteiger partial charge in [0.15, 0.2) is 0 Å². The van der Waals surface area contributed by atoms with Crippen LogP contribution in [0, 0.1) is 12.3 Å². The Hall–Kier alpha value is -0.520. The van der Waals surface area contributed by atoms with Crippen LogP contribution in [0.5, 0.6) is 0 Å². The summed E-state index contributed by atoms with van der Waals surface area (Å²) in [5, 5.41) is 3.44. The third kappa shape index (κ3) is 2.23. The van der Waals surface area contributed by atoms with Crippen LogP contribution in [0.4, 0.5) is 0 Å². The first-order valence-electron chi connectivity index (χ1n) is 4.71. The molecule has 2 unspecified atom stereocenters. The maximum atomic E-state index is 5.36. The van der Waals surface area contributed by atoms with Gasteiger partial charge in [0, 0.05) is 19.1 Å². The molecule has 1 aliphatic rings. The number of likely N-dealkylation sites (tertiary alicyclic amines) is 1. The third-order valence-electron chi connectivity index (χ3n) is 2.50. The summed E-state index contributed by atoms with van der Waals surface area (Å²) in [5.74, 6) is 2.77. The van der Waals surface area contributed by atoms with Crippen molar-refractivity contribution < 1.29 is 0 Å². The van der Waals surface area contributed by atoms with E-state index < -0.39 is 0 Å². The molecule has 0 aromatic heterocycles. The summed E-state index contributed by atoms with van der Waals surface area (Å²) < 4.78 is 0. The summed E-state index contributed by atoms with van der Waals surface area (Å²) in [6, 6.07) is 0.958. The molecular weight excluding hydrogens is 148 g/mol. The molecule has 0 radical (unpaired) electrons. The van der Waals surface area contributed by atoms with Crippen LogP contribution in [-0.2, 0) is 0 Å². The third-order valence-corrected chi connectivity index (χ3v) is 2.50. The number of nitrogens with one attached hydrogen (secondary N) is 1. The van der Waals surface area contributed by atoms with Gasteiger partial charge in [0.05, 0.1) is 6.04 Å². The number of terminal acetylenes is 1. The van der Waals surface area contributed by atoms with Gasteiger partial charge >= 0.3 is 0 Å². The molecule has 1 fully saturated rings. The van der Waals surface area contributed by atoms with Gasteiger partial charge in [-0.25, -0.2) is 0 Å². The van der Waals surface area contributed by atoms with Crippen molar-refractivity contribution in [2.45, 2.75) is 32.4 Å². The van der Waals surface area contributed by atoms with Gasteiger partial charge in [-0.2, -0.15) is 0 Å². The first kappa shape index (κ1) is 9.57. The molecule has 1 saturated heterocycles. The standard InChI is InChI=1S/C10H18N2/c1-4-9(3)12-7-6-10(8-12)11-5-2/h1,9-11H,5-8H2,2-3H3. The van der Waals surface area contributed by atoms with Gasteiger partial charge in [0.2, 0.25) is 0 Å². The molecule has 2 atom stereocenters. The van der Waals surface area contributed by atoms with Crippen LogP contribution in [0.25, 0.3) is 0 Å². The Morgan fingerprint density at radius 3 is 3.08 bits per heavy atom. The smallest absolute Gasteiger partial charge is 0.0683 e. The Balaban J connectivity index is 2.31. The Morgan fingerprint density at radius 1 is 1.75 bits per heavy atom. The SMILES string of the molecule is C#CC(C)N1CCC(NCC)C1. The zero-order valence-corrected chi connectivity index (χ0v) is 8.01. The Morgan fingerprint density at radius 2 is 2.50 bits per heavy atom. The lowest BCUT2D eigenvalue weighted by Crippen LogP contribution is -2.35. The van der Waals surface area contributed by atoms with Crippen molar-refractivity contribution in [1.82, 2.24) is 10.2 Å². The minimum Gasteiger partial charge on any atom is -0.313 e. The monoisotopic (exact) mass is 166 g/mol. The highest BCUT2D eigenvalue weighted by atomic mass is 15.2. The molecule has 0 spiro atoms. The molecule has 0 bridgehead atoms. The number of nitrogens with zero attached hydrogens (tertiary/aromatic N) is 1. The highest BCUT2D eigenvalue weighted by Gasteiger charge is 2.23. The van der Waals surface area contributed by atoms with Crippen molar-refractivity contribution in [3.05, 3.63) is 0 Å². The molecule has 2 nitrogen and oxygen atoms in total. The van der Waals surface area contributed by atoms with E-state index in [0.717, 1.165) is 19.6 Å². The van der Waals surface area contributed by atoms with Gasteiger partial charge in [-0.15, -0.1) is 6.42 Å². The lowest BCUT2D eigenvalue weighted by molar-refractivity contribution is 0.299. The maximum absolute atomic E-state index is 5.36. The maximum Gasteiger partial charge on any atom is 0.0683 e. The van der Waals surface area contributed by atoms with Crippen LogP contribution in [0.3, 0.4) is 0 Å². The average Bonchev–Trinajstić information content (AvgIpc) is 2.52. The molecule has 1 heterocycles. The zero-order valence-electron chi connectivity index (χ0n) is 8.01. The first-order chi connectivity index (χ1) is 5.77. The zero-order chi connectivity index (χ0) is 8.97. The van der Waals surface area contributed by atoms with Crippen LogP contribution >= 0.6 is 0 Å². The van der Waals surface area contributed by atoms with Gasteiger partial charge in [-0.05, 0) is 19.9 Å². The van der Waals surface area contributed by atoms with Crippen LogP contribution in [0.1, 0.15) is 20.3 Å². The summed E-state index contributed by atoms with van der Waals surface area (Å²) in [4.78, 5) is 2.35. The Labute approximate surface area is 75.3 Å². The minimum atomic E-state index is 0.300. The van der Waals surface area contributed by atoms with Crippen LogP contribution in [0.2, 0.25) is 0 Å². The lowest BCUT2D eigenvalue weighted by Gasteiger charge is -2.19. The van der Waals surface area contributed by atoms with E-state index in [0.29, 0.717) is 12.1 Å². The average molecular weight is 166 g/mol. The predicted molar refractivity (Wildman–Crippen MR) is 51.9 cm³/mol.